The number of rotatable bonds is 7. The van der Waals surface area contributed by atoms with Gasteiger partial charge < -0.3 is 15.4 Å². The van der Waals surface area contributed by atoms with Crippen molar-refractivity contribution in [3.05, 3.63) is 35.7 Å². The van der Waals surface area contributed by atoms with Crippen LogP contribution in [0.5, 0.6) is 5.75 Å². The molecule has 0 aliphatic carbocycles. The Bertz CT molecular complexity index is 709. The minimum Gasteiger partial charge on any atom is -0.492 e. The molecule has 0 bridgehead atoms. The molecule has 27 heavy (non-hydrogen) atoms. The van der Waals surface area contributed by atoms with Crippen molar-refractivity contribution in [3.63, 3.8) is 0 Å². The predicted octanol–water partition coefficient (Wildman–Crippen LogP) is 2.51. The zero-order valence-corrected chi connectivity index (χ0v) is 15.1. The van der Waals surface area contributed by atoms with Gasteiger partial charge in [-0.05, 0) is 24.6 Å². The highest BCUT2D eigenvalue weighted by Crippen LogP contribution is 2.28. The Hall–Kier alpha value is -2.35. The average molecular weight is 378 g/mol. The number of pyridine rings is 1. The number of likely N-dealkylation sites (tertiary alicyclic amines) is 1. The minimum absolute atomic E-state index is 0.0600. The molecule has 8 heteroatoms. The van der Waals surface area contributed by atoms with Gasteiger partial charge in [-0.1, -0.05) is 0 Å². The second-order valence-electron chi connectivity index (χ2n) is 6.89. The van der Waals surface area contributed by atoms with Crippen LogP contribution in [0.1, 0.15) is 37.4 Å². The van der Waals surface area contributed by atoms with Gasteiger partial charge in [-0.15, -0.1) is 0 Å². The summed E-state index contributed by atoms with van der Waals surface area (Å²) in [6.45, 7) is 2.13. The zero-order valence-electron chi connectivity index (χ0n) is 15.1. The molecule has 146 valence electrons. The predicted molar refractivity (Wildman–Crippen MR) is 98.1 cm³/mol. The number of nitrogens with zero attached hydrogens (tertiary/aromatic N) is 3. The number of hydrogen-bond acceptors (Lipinski definition) is 5. The van der Waals surface area contributed by atoms with E-state index < -0.39 is 11.8 Å². The van der Waals surface area contributed by atoms with Crippen LogP contribution >= 0.6 is 0 Å². The van der Waals surface area contributed by atoms with Gasteiger partial charge in [0.25, 0.3) is 5.92 Å². The third kappa shape index (κ3) is 5.56. The van der Waals surface area contributed by atoms with Crippen LogP contribution in [0.25, 0.3) is 0 Å². The lowest BCUT2D eigenvalue weighted by molar-refractivity contribution is -0.114. The lowest BCUT2D eigenvalue weighted by atomic mass is 10.0. The van der Waals surface area contributed by atoms with Crippen LogP contribution < -0.4 is 10.5 Å². The Morgan fingerprint density at radius 1 is 1.33 bits per heavy atom. The molecule has 1 amide bonds. The summed E-state index contributed by atoms with van der Waals surface area (Å²) in [5.41, 5.74) is 6.60. The van der Waals surface area contributed by atoms with E-state index in [0.29, 0.717) is 37.4 Å². The number of alkyl halides is 2. The van der Waals surface area contributed by atoms with Gasteiger partial charge in [0.05, 0.1) is 24.5 Å². The summed E-state index contributed by atoms with van der Waals surface area (Å²) >= 11 is 0. The molecule has 2 N–H and O–H groups in total. The number of aromatic nitrogens is 1. The number of carbonyl (C=O) groups excluding carboxylic acids is 1. The number of halogens is 2. The van der Waals surface area contributed by atoms with E-state index in [9.17, 15) is 13.6 Å². The van der Waals surface area contributed by atoms with Gasteiger partial charge in [0.15, 0.2) is 0 Å². The van der Waals surface area contributed by atoms with Gasteiger partial charge >= 0.3 is 0 Å². The molecule has 0 radical (unpaired) electrons. The van der Waals surface area contributed by atoms with Crippen LogP contribution in [0.2, 0.25) is 0 Å². The molecule has 1 saturated heterocycles. The second kappa shape index (κ2) is 8.56. The molecule has 0 spiro atoms. The quantitative estimate of drug-likeness (QED) is 0.740. The Kier molecular flexibility index (Phi) is 6.15. The molecule has 1 aromatic heterocycles. The number of piperidine rings is 1. The first-order chi connectivity index (χ1) is 12.9. The molecule has 1 atom stereocenters. The van der Waals surface area contributed by atoms with Crippen molar-refractivity contribution >= 4 is 12.1 Å². The van der Waals surface area contributed by atoms with Gasteiger partial charge in [-0.3, -0.25) is 14.8 Å². The first-order valence-electron chi connectivity index (χ1n) is 9.14. The fourth-order valence-electron chi connectivity index (χ4n) is 3.19. The van der Waals surface area contributed by atoms with E-state index >= 15 is 0 Å². The second-order valence-corrected chi connectivity index (χ2v) is 6.89. The molecule has 2 aliphatic rings. The van der Waals surface area contributed by atoms with E-state index in [-0.39, 0.29) is 18.9 Å². The first-order valence-corrected chi connectivity index (χ1v) is 9.14. The molecule has 2 aliphatic heterocycles. The van der Waals surface area contributed by atoms with E-state index in [2.05, 4.69) is 9.98 Å². The Morgan fingerprint density at radius 3 is 2.78 bits per heavy atom. The van der Waals surface area contributed by atoms with E-state index in [4.69, 9.17) is 10.5 Å². The number of hydrogen-bond donors (Lipinski definition) is 1. The van der Waals surface area contributed by atoms with Crippen LogP contribution in [0.15, 0.2) is 35.0 Å². The highest BCUT2D eigenvalue weighted by atomic mass is 19.3. The number of amides is 1. The van der Waals surface area contributed by atoms with Crippen LogP contribution in [-0.4, -0.2) is 54.2 Å². The Morgan fingerprint density at radius 2 is 2.11 bits per heavy atom. The minimum atomic E-state index is -2.50. The molecule has 3 rings (SSSR count). The smallest absolute Gasteiger partial charge is 0.250 e. The maximum atomic E-state index is 13.1. The van der Waals surface area contributed by atoms with Crippen LogP contribution in [0.4, 0.5) is 8.78 Å². The van der Waals surface area contributed by atoms with Crippen LogP contribution in [0.3, 0.4) is 0 Å². The van der Waals surface area contributed by atoms with E-state index in [1.54, 1.807) is 18.5 Å². The molecule has 3 heterocycles. The van der Waals surface area contributed by atoms with E-state index in [1.165, 1.54) is 0 Å². The largest absolute Gasteiger partial charge is 0.492 e. The summed E-state index contributed by atoms with van der Waals surface area (Å²) in [7, 11) is 0. The average Bonchev–Trinajstić information content (AvgIpc) is 2.67. The topological polar surface area (TPSA) is 80.8 Å². The molecular weight excluding hydrogens is 354 g/mol. The van der Waals surface area contributed by atoms with E-state index in [1.807, 2.05) is 17.0 Å². The van der Waals surface area contributed by atoms with Crippen molar-refractivity contribution in [2.45, 2.75) is 37.6 Å². The Balaban J connectivity index is 1.40. The number of aliphatic imine (C=N–C) groups is 1. The standard InChI is InChI=1S/C19H24F2N4O2/c20-19(21)5-9-25(10-6-19)8-1-11-27-15-2-3-16(24-13-15)17-12-14(18(22)26)4-7-23-17/h2-4,7,13,17H,1,5-6,8-12H2,(H2,22,26). The summed E-state index contributed by atoms with van der Waals surface area (Å²) in [6, 6.07) is 3.43. The van der Waals surface area contributed by atoms with Gasteiger partial charge in [-0.2, -0.15) is 0 Å². The van der Waals surface area contributed by atoms with Crippen molar-refractivity contribution < 1.29 is 18.3 Å². The van der Waals surface area contributed by atoms with Crippen molar-refractivity contribution in [3.8, 4) is 5.75 Å². The molecule has 1 aromatic rings. The summed E-state index contributed by atoms with van der Waals surface area (Å²) in [5, 5.41) is 0. The van der Waals surface area contributed by atoms with Gasteiger partial charge in [0.2, 0.25) is 5.91 Å². The molecule has 0 aromatic carbocycles. The summed E-state index contributed by atoms with van der Waals surface area (Å²) in [4.78, 5) is 22.0. The number of allylic oxidation sites excluding steroid dienone is 1. The number of carbonyl (C=O) groups is 1. The normalized spacial score (nSPS) is 22.3. The molecule has 1 unspecified atom stereocenters. The molecule has 0 saturated carbocycles. The number of dihydropyridines is 1. The van der Waals surface area contributed by atoms with Crippen LogP contribution in [-0.2, 0) is 4.79 Å². The van der Waals surface area contributed by atoms with Crippen LogP contribution in [0, 0.1) is 0 Å². The summed E-state index contributed by atoms with van der Waals surface area (Å²) in [5.74, 6) is -2.30. The van der Waals surface area contributed by atoms with Crippen molar-refractivity contribution in [1.29, 1.82) is 0 Å². The van der Waals surface area contributed by atoms with Crippen molar-refractivity contribution in [2.24, 2.45) is 10.7 Å². The number of ether oxygens (including phenoxy) is 1. The summed E-state index contributed by atoms with van der Waals surface area (Å²) < 4.78 is 31.9. The Labute approximate surface area is 157 Å². The SMILES string of the molecule is NC(=O)C1=CC=NC(c2ccc(OCCCN3CCC(F)(F)CC3)cn2)C1. The first kappa shape index (κ1) is 19.4. The monoisotopic (exact) mass is 378 g/mol. The fourth-order valence-corrected chi connectivity index (χ4v) is 3.19. The van der Waals surface area contributed by atoms with Gasteiger partial charge in [0.1, 0.15) is 5.75 Å². The summed E-state index contributed by atoms with van der Waals surface area (Å²) in [6.07, 6.45) is 5.93. The highest BCUT2D eigenvalue weighted by Gasteiger charge is 2.33. The lowest BCUT2D eigenvalue weighted by Crippen LogP contribution is -2.40. The zero-order chi connectivity index (χ0) is 19.3. The third-order valence-corrected chi connectivity index (χ3v) is 4.85. The number of primary amides is 1. The third-order valence-electron chi connectivity index (χ3n) is 4.85. The van der Waals surface area contributed by atoms with Crippen molar-refractivity contribution in [1.82, 2.24) is 9.88 Å². The number of nitrogens with two attached hydrogens (primary N) is 1. The molecular formula is C19H24F2N4O2. The highest BCUT2D eigenvalue weighted by molar-refractivity contribution is 5.97. The molecule has 6 nitrogen and oxygen atoms in total. The fraction of sp³-hybridized carbons (Fsp3) is 0.526. The molecule has 1 fully saturated rings. The maximum absolute atomic E-state index is 13.1. The van der Waals surface area contributed by atoms with Gasteiger partial charge in [-0.25, -0.2) is 8.78 Å². The lowest BCUT2D eigenvalue weighted by Gasteiger charge is -2.31. The maximum Gasteiger partial charge on any atom is 0.250 e. The van der Waals surface area contributed by atoms with Crippen molar-refractivity contribution in [2.75, 3.05) is 26.2 Å². The van der Waals surface area contributed by atoms with Gasteiger partial charge in [0, 0.05) is 50.7 Å². The van der Waals surface area contributed by atoms with E-state index in [0.717, 1.165) is 18.7 Å².